The van der Waals surface area contributed by atoms with E-state index in [9.17, 15) is 8.42 Å². The molecule has 0 aliphatic carbocycles. The smallest absolute Gasteiger partial charge is 0.242 e. The zero-order valence-corrected chi connectivity index (χ0v) is 15.8. The molecule has 1 aromatic rings. The van der Waals surface area contributed by atoms with Gasteiger partial charge < -0.3 is 4.74 Å². The zero-order valence-electron chi connectivity index (χ0n) is 14.2. The number of aromatic nitrogens is 1. The summed E-state index contributed by atoms with van der Waals surface area (Å²) in [5.74, 6) is 0.439. The highest BCUT2D eigenvalue weighted by Crippen LogP contribution is 2.20. The van der Waals surface area contributed by atoms with Crippen molar-refractivity contribution >= 4 is 21.6 Å². The minimum absolute atomic E-state index is 0.136. The second-order valence-electron chi connectivity index (χ2n) is 5.96. The van der Waals surface area contributed by atoms with Crippen LogP contribution >= 0.6 is 11.6 Å². The van der Waals surface area contributed by atoms with Crippen molar-refractivity contribution in [2.75, 3.05) is 32.8 Å². The van der Waals surface area contributed by atoms with Crippen LogP contribution < -0.4 is 4.72 Å². The van der Waals surface area contributed by atoms with Crippen molar-refractivity contribution in [1.82, 2.24) is 14.6 Å². The number of halogens is 1. The van der Waals surface area contributed by atoms with Crippen LogP contribution in [0.2, 0.25) is 5.15 Å². The van der Waals surface area contributed by atoms with Crippen LogP contribution in [0.4, 0.5) is 0 Å². The van der Waals surface area contributed by atoms with Crippen LogP contribution in [0.5, 0.6) is 0 Å². The molecule has 0 aromatic carbocycles. The molecule has 24 heavy (non-hydrogen) atoms. The van der Waals surface area contributed by atoms with Crippen LogP contribution in [0.25, 0.3) is 0 Å². The van der Waals surface area contributed by atoms with Gasteiger partial charge in [-0.3, -0.25) is 4.90 Å². The normalized spacial score (nSPS) is 18.0. The molecule has 0 amide bonds. The Morgan fingerprint density at radius 1 is 1.29 bits per heavy atom. The highest BCUT2D eigenvalue weighted by Gasteiger charge is 2.28. The number of pyridine rings is 1. The molecule has 0 bridgehead atoms. The maximum Gasteiger partial charge on any atom is 0.242 e. The molecule has 1 atom stereocenters. The van der Waals surface area contributed by atoms with Gasteiger partial charge in [0.2, 0.25) is 10.0 Å². The number of nitrogens with one attached hydrogen (secondary N) is 1. The van der Waals surface area contributed by atoms with E-state index in [-0.39, 0.29) is 16.1 Å². The molecule has 1 N–H and O–H groups in total. The zero-order chi connectivity index (χ0) is 17.6. The molecule has 0 saturated carbocycles. The van der Waals surface area contributed by atoms with Crippen molar-refractivity contribution in [2.45, 2.75) is 37.6 Å². The predicted octanol–water partition coefficient (Wildman–Crippen LogP) is 2.15. The molecule has 2 heterocycles. The lowest BCUT2D eigenvalue weighted by Crippen LogP contribution is -2.52. The van der Waals surface area contributed by atoms with Crippen LogP contribution in [0.3, 0.4) is 0 Å². The Hall–Kier alpha value is -0.730. The molecule has 6 nitrogen and oxygen atoms in total. The van der Waals surface area contributed by atoms with E-state index in [0.717, 1.165) is 25.9 Å². The molecular formula is C16H26ClN3O3S. The van der Waals surface area contributed by atoms with Gasteiger partial charge in [0.1, 0.15) is 10.0 Å². The first kappa shape index (κ1) is 19.6. The molecule has 1 aliphatic heterocycles. The number of nitrogens with zero attached hydrogens (tertiary/aromatic N) is 2. The average molecular weight is 376 g/mol. The number of hydrogen-bond donors (Lipinski definition) is 1. The molecule has 8 heteroatoms. The van der Waals surface area contributed by atoms with Crippen molar-refractivity contribution in [3.8, 4) is 0 Å². The molecule has 1 fully saturated rings. The van der Waals surface area contributed by atoms with E-state index in [1.54, 1.807) is 0 Å². The summed E-state index contributed by atoms with van der Waals surface area (Å²) in [5.41, 5.74) is 0. The SMILES string of the molecule is CCC(CC)C(CNS(=O)(=O)c1ccc(Cl)nc1)N1CCOCC1. The van der Waals surface area contributed by atoms with Crippen LogP contribution in [0.1, 0.15) is 26.7 Å². The number of ether oxygens (including phenoxy) is 1. The van der Waals surface area contributed by atoms with Crippen LogP contribution in [-0.4, -0.2) is 57.2 Å². The van der Waals surface area contributed by atoms with Gasteiger partial charge in [-0.05, 0) is 18.1 Å². The second-order valence-corrected chi connectivity index (χ2v) is 8.11. The molecule has 1 aromatic heterocycles. The first-order valence-corrected chi connectivity index (χ1v) is 10.3. The van der Waals surface area contributed by atoms with Gasteiger partial charge in [-0.1, -0.05) is 38.3 Å². The first-order chi connectivity index (χ1) is 11.5. The quantitative estimate of drug-likeness (QED) is 0.705. The molecular weight excluding hydrogens is 350 g/mol. The van der Waals surface area contributed by atoms with Crippen molar-refractivity contribution in [1.29, 1.82) is 0 Å². The van der Waals surface area contributed by atoms with Crippen LogP contribution in [0.15, 0.2) is 23.2 Å². The minimum Gasteiger partial charge on any atom is -0.379 e. The summed E-state index contributed by atoms with van der Waals surface area (Å²) in [7, 11) is -3.59. The standard InChI is InChI=1S/C16H26ClN3O3S/c1-3-13(4-2)15(20-7-9-23-10-8-20)12-19-24(21,22)14-5-6-16(17)18-11-14/h5-6,11,13,15,19H,3-4,7-10,12H2,1-2H3. The summed E-state index contributed by atoms with van der Waals surface area (Å²) in [6.07, 6.45) is 3.32. The number of rotatable bonds is 8. The van der Waals surface area contributed by atoms with E-state index >= 15 is 0 Å². The Kier molecular flexibility index (Phi) is 7.43. The van der Waals surface area contributed by atoms with Gasteiger partial charge in [0.05, 0.1) is 13.2 Å². The van der Waals surface area contributed by atoms with E-state index in [1.807, 2.05) is 0 Å². The van der Waals surface area contributed by atoms with E-state index in [2.05, 4.69) is 28.5 Å². The van der Waals surface area contributed by atoms with Gasteiger partial charge >= 0.3 is 0 Å². The van der Waals surface area contributed by atoms with E-state index in [1.165, 1.54) is 18.3 Å². The molecule has 1 unspecified atom stereocenters. The monoisotopic (exact) mass is 375 g/mol. The topological polar surface area (TPSA) is 71.5 Å². The van der Waals surface area contributed by atoms with Crippen molar-refractivity contribution in [3.05, 3.63) is 23.5 Å². The number of sulfonamides is 1. The summed E-state index contributed by atoms with van der Waals surface area (Å²) >= 11 is 5.73. The van der Waals surface area contributed by atoms with Gasteiger partial charge in [0.15, 0.2) is 0 Å². The van der Waals surface area contributed by atoms with Crippen molar-refractivity contribution < 1.29 is 13.2 Å². The van der Waals surface area contributed by atoms with Crippen molar-refractivity contribution in [2.24, 2.45) is 5.92 Å². The molecule has 1 saturated heterocycles. The van der Waals surface area contributed by atoms with E-state index < -0.39 is 10.0 Å². The number of morpholine rings is 1. The summed E-state index contributed by atoms with van der Waals surface area (Å²) < 4.78 is 33.2. The Balaban J connectivity index is 2.09. The Morgan fingerprint density at radius 3 is 2.50 bits per heavy atom. The molecule has 0 radical (unpaired) electrons. The molecule has 1 aliphatic rings. The highest BCUT2D eigenvalue weighted by molar-refractivity contribution is 7.89. The Bertz CT molecular complexity index is 599. The summed E-state index contributed by atoms with van der Waals surface area (Å²) in [5, 5.41) is 0.275. The van der Waals surface area contributed by atoms with E-state index in [0.29, 0.717) is 25.7 Å². The first-order valence-electron chi connectivity index (χ1n) is 8.41. The van der Waals surface area contributed by atoms with Gasteiger partial charge in [-0.25, -0.2) is 18.1 Å². The van der Waals surface area contributed by atoms with Crippen LogP contribution in [-0.2, 0) is 14.8 Å². The summed E-state index contributed by atoms with van der Waals surface area (Å²) in [4.78, 5) is 6.32. The van der Waals surface area contributed by atoms with Gasteiger partial charge in [-0.15, -0.1) is 0 Å². The second kappa shape index (κ2) is 9.10. The van der Waals surface area contributed by atoms with Gasteiger partial charge in [0.25, 0.3) is 0 Å². The molecule has 2 rings (SSSR count). The lowest BCUT2D eigenvalue weighted by molar-refractivity contribution is 0.00297. The maximum absolute atomic E-state index is 12.5. The highest BCUT2D eigenvalue weighted by atomic mass is 35.5. The Labute approximate surface area is 149 Å². The third-order valence-corrected chi connectivity index (χ3v) is 6.23. The van der Waals surface area contributed by atoms with Gasteiger partial charge in [-0.2, -0.15) is 0 Å². The lowest BCUT2D eigenvalue weighted by Gasteiger charge is -2.38. The lowest BCUT2D eigenvalue weighted by atomic mass is 9.92. The van der Waals surface area contributed by atoms with E-state index in [4.69, 9.17) is 16.3 Å². The fraction of sp³-hybridized carbons (Fsp3) is 0.688. The van der Waals surface area contributed by atoms with Crippen molar-refractivity contribution in [3.63, 3.8) is 0 Å². The minimum atomic E-state index is -3.59. The third kappa shape index (κ3) is 5.13. The van der Waals surface area contributed by atoms with Gasteiger partial charge in [0, 0.05) is 31.9 Å². The Morgan fingerprint density at radius 2 is 1.96 bits per heavy atom. The largest absolute Gasteiger partial charge is 0.379 e. The van der Waals surface area contributed by atoms with Crippen LogP contribution in [0, 0.1) is 5.92 Å². The predicted molar refractivity (Wildman–Crippen MR) is 94.7 cm³/mol. The fourth-order valence-electron chi connectivity index (χ4n) is 3.14. The average Bonchev–Trinajstić information content (AvgIpc) is 2.59. The summed E-state index contributed by atoms with van der Waals surface area (Å²) in [6.45, 7) is 7.77. The molecule has 136 valence electrons. The molecule has 0 spiro atoms. The third-order valence-electron chi connectivity index (χ3n) is 4.60. The fourth-order valence-corrected chi connectivity index (χ4v) is 4.24. The number of hydrogen-bond acceptors (Lipinski definition) is 5. The maximum atomic E-state index is 12.5. The summed E-state index contributed by atoms with van der Waals surface area (Å²) in [6, 6.07) is 3.12.